The lowest BCUT2D eigenvalue weighted by Crippen LogP contribution is -2.45. The van der Waals surface area contributed by atoms with Crippen molar-refractivity contribution < 1.29 is 0 Å². The number of rotatable bonds is 5. The molecule has 3 heterocycles. The fraction of sp³-hybridized carbons (Fsp3) is 0.478. The molecule has 0 unspecified atom stereocenters. The van der Waals surface area contributed by atoms with Crippen molar-refractivity contribution in [2.45, 2.75) is 45.1 Å². The van der Waals surface area contributed by atoms with Gasteiger partial charge in [0.05, 0.1) is 16.4 Å². The molecular formula is C23H28BrN5. The first kappa shape index (κ1) is 19.1. The second-order valence-electron chi connectivity index (χ2n) is 8.51. The Labute approximate surface area is 180 Å². The molecule has 1 aliphatic carbocycles. The van der Waals surface area contributed by atoms with Gasteiger partial charge in [-0.05, 0) is 73.1 Å². The third-order valence-electron chi connectivity index (χ3n) is 6.66. The van der Waals surface area contributed by atoms with E-state index in [4.69, 9.17) is 4.98 Å². The molecule has 3 aromatic rings. The first-order chi connectivity index (χ1) is 14.2. The molecule has 0 amide bonds. The first-order valence-electron chi connectivity index (χ1n) is 10.8. The van der Waals surface area contributed by atoms with Gasteiger partial charge < -0.3 is 10.2 Å². The quantitative estimate of drug-likeness (QED) is 0.580. The van der Waals surface area contributed by atoms with Crippen LogP contribution >= 0.6 is 15.9 Å². The molecule has 1 aromatic carbocycles. The van der Waals surface area contributed by atoms with Gasteiger partial charge in [-0.25, -0.2) is 4.98 Å². The summed E-state index contributed by atoms with van der Waals surface area (Å²) in [6, 6.07) is 11.4. The van der Waals surface area contributed by atoms with E-state index in [9.17, 15) is 0 Å². The molecule has 1 saturated carbocycles. The molecule has 2 aromatic heterocycles. The maximum Gasteiger partial charge on any atom is 0.172 e. The second-order valence-corrected chi connectivity index (χ2v) is 9.37. The Morgan fingerprint density at radius 2 is 1.93 bits per heavy atom. The van der Waals surface area contributed by atoms with E-state index in [-0.39, 0.29) is 0 Å². The number of benzene rings is 1. The Balaban J connectivity index is 1.35. The number of halogens is 1. The Bertz CT molecular complexity index is 1000. The van der Waals surface area contributed by atoms with Gasteiger partial charge in [0.1, 0.15) is 5.82 Å². The van der Waals surface area contributed by atoms with Crippen LogP contribution in [0.3, 0.4) is 0 Å². The van der Waals surface area contributed by atoms with Crippen LogP contribution in [0.25, 0.3) is 16.9 Å². The van der Waals surface area contributed by atoms with Gasteiger partial charge in [-0.2, -0.15) is 9.61 Å². The molecule has 5 rings (SSSR count). The van der Waals surface area contributed by atoms with Crippen molar-refractivity contribution in [3.8, 4) is 11.3 Å². The smallest absolute Gasteiger partial charge is 0.172 e. The van der Waals surface area contributed by atoms with Crippen LogP contribution in [-0.2, 0) is 0 Å². The number of aromatic nitrogens is 3. The first-order valence-corrected chi connectivity index (χ1v) is 11.6. The molecule has 1 saturated heterocycles. The monoisotopic (exact) mass is 453 g/mol. The maximum atomic E-state index is 4.87. The van der Waals surface area contributed by atoms with Gasteiger partial charge in [-0.1, -0.05) is 30.7 Å². The minimum absolute atomic E-state index is 0.718. The van der Waals surface area contributed by atoms with E-state index in [1.807, 2.05) is 10.7 Å². The summed E-state index contributed by atoms with van der Waals surface area (Å²) in [6.45, 7) is 5.63. The number of fused-ring (bicyclic) bond motifs is 1. The van der Waals surface area contributed by atoms with Crippen LogP contribution in [0, 0.1) is 12.8 Å². The normalized spacial score (nSPS) is 18.8. The largest absolute Gasteiger partial charge is 0.370 e. The molecule has 152 valence electrons. The van der Waals surface area contributed by atoms with Crippen LogP contribution in [0.4, 0.5) is 5.82 Å². The third-order valence-corrected chi connectivity index (χ3v) is 7.22. The lowest BCUT2D eigenvalue weighted by molar-refractivity contribution is 0.0871. The molecule has 1 aliphatic heterocycles. The molecule has 0 bridgehead atoms. The zero-order valence-electron chi connectivity index (χ0n) is 16.9. The van der Waals surface area contributed by atoms with E-state index in [1.165, 1.54) is 56.3 Å². The van der Waals surface area contributed by atoms with E-state index >= 15 is 0 Å². The van der Waals surface area contributed by atoms with E-state index in [2.05, 4.69) is 68.5 Å². The van der Waals surface area contributed by atoms with Crippen molar-refractivity contribution in [1.29, 1.82) is 0 Å². The van der Waals surface area contributed by atoms with Gasteiger partial charge in [-0.15, -0.1) is 0 Å². The Morgan fingerprint density at radius 1 is 1.14 bits per heavy atom. The van der Waals surface area contributed by atoms with Gasteiger partial charge in [0, 0.05) is 24.2 Å². The number of hydrogen-bond acceptors (Lipinski definition) is 4. The van der Waals surface area contributed by atoms with Crippen LogP contribution in [0.1, 0.15) is 37.7 Å². The van der Waals surface area contributed by atoms with Crippen LogP contribution < -0.4 is 5.32 Å². The maximum absolute atomic E-state index is 4.87. The van der Waals surface area contributed by atoms with Crippen molar-refractivity contribution in [2.75, 3.05) is 25.0 Å². The van der Waals surface area contributed by atoms with Gasteiger partial charge in [0.15, 0.2) is 5.65 Å². The predicted molar refractivity (Wildman–Crippen MR) is 121 cm³/mol. The topological polar surface area (TPSA) is 45.5 Å². The standard InChI is InChI=1S/C23H28BrN5/c1-16-5-2-3-8-19(16)21-13-22(29-23(27-21)20(24)15-26-29)25-14-17-9-11-28(12-10-17)18-6-4-7-18/h2-3,5,8,13,15,17-18,25H,4,6-7,9-12,14H2,1H3. The summed E-state index contributed by atoms with van der Waals surface area (Å²) < 4.78 is 2.83. The fourth-order valence-corrected chi connectivity index (χ4v) is 4.93. The van der Waals surface area contributed by atoms with Crippen LogP contribution in [-0.4, -0.2) is 45.2 Å². The van der Waals surface area contributed by atoms with Crippen molar-refractivity contribution in [2.24, 2.45) is 5.92 Å². The summed E-state index contributed by atoms with van der Waals surface area (Å²) in [6.07, 6.45) is 8.64. The highest BCUT2D eigenvalue weighted by Gasteiger charge is 2.28. The van der Waals surface area contributed by atoms with E-state index in [0.29, 0.717) is 0 Å². The lowest BCUT2D eigenvalue weighted by atomic mass is 9.88. The SMILES string of the molecule is Cc1ccccc1-c1cc(NCC2CCN(C3CCC3)CC2)n2ncc(Br)c2n1. The highest BCUT2D eigenvalue weighted by molar-refractivity contribution is 9.10. The molecule has 2 aliphatic rings. The van der Waals surface area contributed by atoms with Crippen molar-refractivity contribution >= 4 is 27.4 Å². The number of nitrogens with one attached hydrogen (secondary N) is 1. The number of piperidine rings is 1. The Hall–Kier alpha value is -1.92. The van der Waals surface area contributed by atoms with E-state index in [1.54, 1.807) is 0 Å². The highest BCUT2D eigenvalue weighted by atomic mass is 79.9. The molecular weight excluding hydrogens is 426 g/mol. The summed E-state index contributed by atoms with van der Waals surface area (Å²) in [7, 11) is 0. The number of hydrogen-bond donors (Lipinski definition) is 1. The van der Waals surface area contributed by atoms with Crippen LogP contribution in [0.5, 0.6) is 0 Å². The number of aryl methyl sites for hydroxylation is 1. The van der Waals surface area contributed by atoms with Gasteiger partial charge in [0.2, 0.25) is 0 Å². The Kier molecular flexibility index (Phi) is 5.31. The average molecular weight is 454 g/mol. The average Bonchev–Trinajstić information content (AvgIpc) is 3.07. The number of anilines is 1. The summed E-state index contributed by atoms with van der Waals surface area (Å²) in [5, 5.41) is 8.22. The van der Waals surface area contributed by atoms with Gasteiger partial charge in [-0.3, -0.25) is 0 Å². The Morgan fingerprint density at radius 3 is 2.66 bits per heavy atom. The van der Waals surface area contributed by atoms with E-state index in [0.717, 1.165) is 40.1 Å². The minimum atomic E-state index is 0.718. The number of nitrogens with zero attached hydrogens (tertiary/aromatic N) is 4. The van der Waals surface area contributed by atoms with Gasteiger partial charge in [0.25, 0.3) is 0 Å². The van der Waals surface area contributed by atoms with Crippen LogP contribution in [0.15, 0.2) is 41.0 Å². The molecule has 5 nitrogen and oxygen atoms in total. The second kappa shape index (κ2) is 8.07. The van der Waals surface area contributed by atoms with Crippen molar-refractivity contribution in [3.63, 3.8) is 0 Å². The number of likely N-dealkylation sites (tertiary alicyclic amines) is 1. The fourth-order valence-electron chi connectivity index (χ4n) is 4.58. The van der Waals surface area contributed by atoms with Gasteiger partial charge >= 0.3 is 0 Å². The van der Waals surface area contributed by atoms with Crippen molar-refractivity contribution in [3.05, 3.63) is 46.6 Å². The molecule has 1 N–H and O–H groups in total. The molecule has 29 heavy (non-hydrogen) atoms. The summed E-state index contributed by atoms with van der Waals surface area (Å²) in [5.74, 6) is 1.73. The zero-order chi connectivity index (χ0) is 19.8. The predicted octanol–water partition coefficient (Wildman–Crippen LogP) is 5.14. The molecule has 2 fully saturated rings. The summed E-state index contributed by atoms with van der Waals surface area (Å²) >= 11 is 3.61. The van der Waals surface area contributed by atoms with Crippen LogP contribution in [0.2, 0.25) is 0 Å². The summed E-state index contributed by atoms with van der Waals surface area (Å²) in [5.41, 5.74) is 4.24. The molecule has 6 heteroatoms. The van der Waals surface area contributed by atoms with Crippen molar-refractivity contribution in [1.82, 2.24) is 19.5 Å². The zero-order valence-corrected chi connectivity index (χ0v) is 18.5. The highest BCUT2D eigenvalue weighted by Crippen LogP contribution is 2.30. The summed E-state index contributed by atoms with van der Waals surface area (Å²) in [4.78, 5) is 7.59. The molecule has 0 radical (unpaired) electrons. The minimum Gasteiger partial charge on any atom is -0.370 e. The lowest BCUT2D eigenvalue weighted by Gasteiger charge is -2.41. The van der Waals surface area contributed by atoms with E-state index < -0.39 is 0 Å². The molecule has 0 spiro atoms. The molecule has 0 atom stereocenters. The third kappa shape index (κ3) is 3.80.